The fourth-order valence-electron chi connectivity index (χ4n) is 5.40. The van der Waals surface area contributed by atoms with E-state index in [1.165, 1.54) is 19.3 Å². The number of methoxy groups -OCH3 is 1. The first-order chi connectivity index (χ1) is 18.2. The van der Waals surface area contributed by atoms with Gasteiger partial charge in [0.25, 0.3) is 5.91 Å². The van der Waals surface area contributed by atoms with Crippen LogP contribution in [0.4, 0.5) is 0 Å². The molecule has 2 aliphatic rings. The van der Waals surface area contributed by atoms with Crippen molar-refractivity contribution in [1.29, 1.82) is 0 Å². The highest BCUT2D eigenvalue weighted by atomic mass is 16.5. The molecule has 1 amide bonds. The Kier molecular flexibility index (Phi) is 6.57. The van der Waals surface area contributed by atoms with Crippen LogP contribution in [0.1, 0.15) is 41.3 Å². The topological polar surface area (TPSA) is 76.4 Å². The van der Waals surface area contributed by atoms with Gasteiger partial charge < -0.3 is 14.2 Å². The Morgan fingerprint density at radius 2 is 1.73 bits per heavy atom. The fourth-order valence-corrected chi connectivity index (χ4v) is 5.40. The molecule has 2 aromatic carbocycles. The van der Waals surface area contributed by atoms with Crippen molar-refractivity contribution in [3.8, 4) is 17.0 Å². The largest absolute Gasteiger partial charge is 0.497 e. The highest BCUT2D eigenvalue weighted by Gasteiger charge is 2.26. The minimum Gasteiger partial charge on any atom is -0.497 e. The molecule has 0 saturated carbocycles. The summed E-state index contributed by atoms with van der Waals surface area (Å²) in [5.41, 5.74) is 3.27. The molecule has 0 atom stereocenters. The number of hydrogen-bond donors (Lipinski definition) is 0. The van der Waals surface area contributed by atoms with E-state index in [4.69, 9.17) is 9.72 Å². The molecule has 0 unspecified atom stereocenters. The molecule has 1 saturated heterocycles. The third kappa shape index (κ3) is 4.81. The van der Waals surface area contributed by atoms with Gasteiger partial charge in [-0.2, -0.15) is 0 Å². The zero-order chi connectivity index (χ0) is 25.2. The lowest BCUT2D eigenvalue weighted by molar-refractivity contribution is 0.0625. The van der Waals surface area contributed by atoms with Crippen LogP contribution in [0.5, 0.6) is 5.75 Å². The summed E-state index contributed by atoms with van der Waals surface area (Å²) in [6, 6.07) is 17.6. The number of nitrogens with zero attached hydrogens (tertiary/aromatic N) is 6. The zero-order valence-electron chi connectivity index (χ0n) is 21.3. The van der Waals surface area contributed by atoms with Crippen molar-refractivity contribution in [2.45, 2.75) is 38.8 Å². The monoisotopic (exact) mass is 496 g/mol. The Morgan fingerprint density at radius 3 is 2.54 bits per heavy atom. The first-order valence-corrected chi connectivity index (χ1v) is 13.2. The van der Waals surface area contributed by atoms with Crippen LogP contribution in [0.25, 0.3) is 22.2 Å². The number of carbonyl (C=O) groups is 1. The van der Waals surface area contributed by atoms with E-state index in [-0.39, 0.29) is 5.91 Å². The number of para-hydroxylation sites is 1. The molecule has 8 nitrogen and oxygen atoms in total. The van der Waals surface area contributed by atoms with Crippen molar-refractivity contribution >= 4 is 16.8 Å². The second kappa shape index (κ2) is 10.3. The van der Waals surface area contributed by atoms with E-state index in [1.54, 1.807) is 7.11 Å². The van der Waals surface area contributed by atoms with Gasteiger partial charge in [0, 0.05) is 50.1 Å². The van der Waals surface area contributed by atoms with Crippen LogP contribution < -0.4 is 4.74 Å². The minimum absolute atomic E-state index is 0.0596. The van der Waals surface area contributed by atoms with Crippen LogP contribution >= 0.6 is 0 Å². The lowest BCUT2D eigenvalue weighted by atomic mass is 10.0. The van der Waals surface area contributed by atoms with Crippen molar-refractivity contribution < 1.29 is 9.53 Å². The molecule has 8 heteroatoms. The lowest BCUT2D eigenvalue weighted by Crippen LogP contribution is -2.48. The predicted molar refractivity (Wildman–Crippen MR) is 142 cm³/mol. The summed E-state index contributed by atoms with van der Waals surface area (Å²) < 4.78 is 7.61. The summed E-state index contributed by atoms with van der Waals surface area (Å²) >= 11 is 0. The summed E-state index contributed by atoms with van der Waals surface area (Å²) in [4.78, 5) is 23.0. The van der Waals surface area contributed by atoms with Crippen LogP contribution in [-0.4, -0.2) is 68.7 Å². The number of benzene rings is 2. The predicted octanol–water partition coefficient (Wildman–Crippen LogP) is 4.19. The van der Waals surface area contributed by atoms with Gasteiger partial charge in [-0.05, 0) is 49.2 Å². The highest BCUT2D eigenvalue weighted by molar-refractivity contribution is 6.07. The third-order valence-corrected chi connectivity index (χ3v) is 7.54. The third-order valence-electron chi connectivity index (χ3n) is 7.54. The molecule has 0 bridgehead atoms. The Labute approximate surface area is 216 Å². The van der Waals surface area contributed by atoms with Crippen LogP contribution in [0.2, 0.25) is 0 Å². The van der Waals surface area contributed by atoms with Gasteiger partial charge in [-0.25, -0.2) is 4.98 Å². The second-order valence-electron chi connectivity index (χ2n) is 9.86. The number of amides is 1. The number of aromatic nitrogens is 4. The van der Waals surface area contributed by atoms with Crippen LogP contribution in [-0.2, 0) is 19.5 Å². The van der Waals surface area contributed by atoms with E-state index in [2.05, 4.69) is 19.7 Å². The first-order valence-electron chi connectivity index (χ1n) is 13.2. The molecule has 0 N–H and O–H groups in total. The summed E-state index contributed by atoms with van der Waals surface area (Å²) in [6.45, 7) is 4.82. The molecule has 4 heterocycles. The highest BCUT2D eigenvalue weighted by Crippen LogP contribution is 2.27. The molecule has 37 heavy (non-hydrogen) atoms. The second-order valence-corrected chi connectivity index (χ2v) is 9.86. The average molecular weight is 497 g/mol. The summed E-state index contributed by atoms with van der Waals surface area (Å²) in [6.07, 6.45) is 4.67. The van der Waals surface area contributed by atoms with Crippen molar-refractivity contribution in [2.24, 2.45) is 0 Å². The van der Waals surface area contributed by atoms with Crippen molar-refractivity contribution in [3.05, 3.63) is 71.8 Å². The molecule has 6 rings (SSSR count). The van der Waals surface area contributed by atoms with E-state index >= 15 is 0 Å². The van der Waals surface area contributed by atoms with E-state index in [1.807, 2.05) is 59.5 Å². The van der Waals surface area contributed by atoms with Crippen LogP contribution in [0.3, 0.4) is 0 Å². The van der Waals surface area contributed by atoms with Gasteiger partial charge in [0.2, 0.25) is 0 Å². The standard InChI is InChI=1S/C29H32N6O2/c1-37-22-12-10-21(11-13-22)26-19-24(23-7-4-5-8-25(23)30-26)29(36)34-17-15-33(16-18-34)20-28-32-31-27-9-3-2-6-14-35(27)28/h4-5,7-8,10-13,19H,2-3,6,9,14-18,20H2,1H3. The number of ether oxygens (including phenoxy) is 1. The van der Waals surface area contributed by atoms with Gasteiger partial charge in [0.05, 0.1) is 30.4 Å². The molecule has 190 valence electrons. The Bertz CT molecular complexity index is 1410. The number of fused-ring (bicyclic) bond motifs is 2. The maximum Gasteiger partial charge on any atom is 0.254 e. The first kappa shape index (κ1) is 23.6. The van der Waals surface area contributed by atoms with Gasteiger partial charge in [-0.15, -0.1) is 10.2 Å². The molecule has 0 spiro atoms. The summed E-state index contributed by atoms with van der Waals surface area (Å²) in [5, 5.41) is 9.83. The van der Waals surface area contributed by atoms with Gasteiger partial charge in [0.1, 0.15) is 17.4 Å². The van der Waals surface area contributed by atoms with Gasteiger partial charge >= 0.3 is 0 Å². The Morgan fingerprint density at radius 1 is 0.919 bits per heavy atom. The fraction of sp³-hybridized carbons (Fsp3) is 0.379. The van der Waals surface area contributed by atoms with E-state index in [0.29, 0.717) is 18.7 Å². The van der Waals surface area contributed by atoms with E-state index < -0.39 is 0 Å². The Hall–Kier alpha value is -3.78. The van der Waals surface area contributed by atoms with Gasteiger partial charge in [0.15, 0.2) is 0 Å². The lowest BCUT2D eigenvalue weighted by Gasteiger charge is -2.34. The minimum atomic E-state index is 0.0596. The number of piperazine rings is 1. The molecule has 2 aliphatic heterocycles. The molecular formula is C29H32N6O2. The summed E-state index contributed by atoms with van der Waals surface area (Å²) in [5.74, 6) is 3.03. The summed E-state index contributed by atoms with van der Waals surface area (Å²) in [7, 11) is 1.65. The maximum absolute atomic E-state index is 13.8. The average Bonchev–Trinajstić information content (AvgIpc) is 3.17. The number of aryl methyl sites for hydroxylation is 1. The maximum atomic E-state index is 13.8. The van der Waals surface area contributed by atoms with Gasteiger partial charge in [-0.3, -0.25) is 9.69 Å². The quantitative estimate of drug-likeness (QED) is 0.413. The number of carbonyl (C=O) groups excluding carboxylic acids is 1. The van der Waals surface area contributed by atoms with Crippen molar-refractivity contribution in [3.63, 3.8) is 0 Å². The number of rotatable bonds is 5. The molecular weight excluding hydrogens is 464 g/mol. The van der Waals surface area contributed by atoms with E-state index in [9.17, 15) is 4.79 Å². The molecule has 2 aromatic heterocycles. The molecule has 0 aliphatic carbocycles. The molecule has 1 fully saturated rings. The van der Waals surface area contributed by atoms with Crippen LogP contribution in [0.15, 0.2) is 54.6 Å². The number of pyridine rings is 1. The van der Waals surface area contributed by atoms with E-state index in [0.717, 1.165) is 72.2 Å². The smallest absolute Gasteiger partial charge is 0.254 e. The Balaban J connectivity index is 1.20. The van der Waals surface area contributed by atoms with Gasteiger partial charge in [-0.1, -0.05) is 24.6 Å². The van der Waals surface area contributed by atoms with Crippen molar-refractivity contribution in [1.82, 2.24) is 29.5 Å². The molecule has 4 aromatic rings. The normalized spacial score (nSPS) is 16.4. The number of hydrogen-bond acceptors (Lipinski definition) is 6. The molecule has 0 radical (unpaired) electrons. The van der Waals surface area contributed by atoms with Crippen molar-refractivity contribution in [2.75, 3.05) is 33.3 Å². The SMILES string of the molecule is COc1ccc(-c2cc(C(=O)N3CCN(Cc4nnc5n4CCCCC5)CC3)c3ccccc3n2)cc1. The zero-order valence-corrected chi connectivity index (χ0v) is 21.3. The van der Waals surface area contributed by atoms with Crippen LogP contribution in [0, 0.1) is 0 Å².